The standard InChI is InChI=1S/C15H21BrN4O2/c1-2-6-19-8-4-11(5-9-19)17-14(21)13-12(16)15-20(18-13)7-3-10-22-15/h2,11H,1,3-10H2,(H,17,21). The summed E-state index contributed by atoms with van der Waals surface area (Å²) in [4.78, 5) is 14.8. The number of fused-ring (bicyclic) bond motifs is 1. The van der Waals surface area contributed by atoms with Gasteiger partial charge in [-0.15, -0.1) is 6.58 Å². The molecule has 0 spiro atoms. The third-order valence-corrected chi connectivity index (χ3v) is 4.84. The SMILES string of the molecule is C=CCN1CCC(NC(=O)c2nn3c(c2Br)OCCC3)CC1. The first-order valence-corrected chi connectivity index (χ1v) is 8.51. The van der Waals surface area contributed by atoms with Crippen molar-refractivity contribution in [3.8, 4) is 5.88 Å². The predicted molar refractivity (Wildman–Crippen MR) is 87.2 cm³/mol. The van der Waals surface area contributed by atoms with Gasteiger partial charge in [-0.1, -0.05) is 6.08 Å². The van der Waals surface area contributed by atoms with Crippen LogP contribution in [0.3, 0.4) is 0 Å². The van der Waals surface area contributed by atoms with Crippen molar-refractivity contribution in [2.45, 2.75) is 31.8 Å². The molecule has 1 amide bonds. The second-order valence-corrected chi connectivity index (χ2v) is 6.52. The molecule has 1 saturated heterocycles. The minimum atomic E-state index is -0.125. The van der Waals surface area contributed by atoms with Crippen LogP contribution < -0.4 is 10.1 Å². The molecule has 0 atom stereocenters. The molecule has 7 heteroatoms. The van der Waals surface area contributed by atoms with Gasteiger partial charge in [-0.3, -0.25) is 9.69 Å². The fourth-order valence-corrected chi connectivity index (χ4v) is 3.52. The maximum Gasteiger partial charge on any atom is 0.273 e. The Hall–Kier alpha value is -1.34. The molecular formula is C15H21BrN4O2. The van der Waals surface area contributed by atoms with Gasteiger partial charge in [0.25, 0.3) is 5.91 Å². The van der Waals surface area contributed by atoms with E-state index in [9.17, 15) is 4.79 Å². The molecule has 1 fully saturated rings. The highest BCUT2D eigenvalue weighted by atomic mass is 79.9. The molecule has 6 nitrogen and oxygen atoms in total. The first kappa shape index (κ1) is 15.6. The smallest absolute Gasteiger partial charge is 0.273 e. The highest BCUT2D eigenvalue weighted by molar-refractivity contribution is 9.10. The van der Waals surface area contributed by atoms with E-state index in [1.54, 1.807) is 4.68 Å². The molecule has 0 unspecified atom stereocenters. The number of halogens is 1. The summed E-state index contributed by atoms with van der Waals surface area (Å²) in [5.74, 6) is 0.539. The lowest BCUT2D eigenvalue weighted by atomic mass is 10.0. The summed E-state index contributed by atoms with van der Waals surface area (Å²) in [7, 11) is 0. The van der Waals surface area contributed by atoms with Gasteiger partial charge < -0.3 is 10.1 Å². The molecule has 0 bridgehead atoms. The molecule has 120 valence electrons. The van der Waals surface area contributed by atoms with Crippen molar-refractivity contribution < 1.29 is 9.53 Å². The summed E-state index contributed by atoms with van der Waals surface area (Å²) >= 11 is 3.44. The first-order valence-electron chi connectivity index (χ1n) is 7.72. The Morgan fingerprint density at radius 2 is 2.23 bits per heavy atom. The van der Waals surface area contributed by atoms with E-state index in [2.05, 4.69) is 37.8 Å². The van der Waals surface area contributed by atoms with Crippen LogP contribution in [0.25, 0.3) is 0 Å². The van der Waals surface area contributed by atoms with Crippen molar-refractivity contribution in [2.24, 2.45) is 0 Å². The van der Waals surface area contributed by atoms with Crippen LogP contribution >= 0.6 is 15.9 Å². The van der Waals surface area contributed by atoms with Gasteiger partial charge in [0.05, 0.1) is 6.61 Å². The molecule has 2 aliphatic rings. The van der Waals surface area contributed by atoms with Crippen LogP contribution in [0.15, 0.2) is 17.1 Å². The summed E-state index contributed by atoms with van der Waals surface area (Å²) < 4.78 is 7.99. The predicted octanol–water partition coefficient (Wildman–Crippen LogP) is 1.81. The fraction of sp³-hybridized carbons (Fsp3) is 0.600. The Bertz CT molecular complexity index is 564. The average molecular weight is 369 g/mol. The van der Waals surface area contributed by atoms with Crippen LogP contribution in [-0.4, -0.2) is 52.9 Å². The Morgan fingerprint density at radius 1 is 1.45 bits per heavy atom. The number of carbonyl (C=O) groups excluding carboxylic acids is 1. The molecule has 1 N–H and O–H groups in total. The van der Waals surface area contributed by atoms with E-state index in [4.69, 9.17) is 4.74 Å². The minimum absolute atomic E-state index is 0.125. The summed E-state index contributed by atoms with van der Waals surface area (Å²) in [5, 5.41) is 7.46. The number of rotatable bonds is 4. The van der Waals surface area contributed by atoms with Crippen LogP contribution in [0.4, 0.5) is 0 Å². The largest absolute Gasteiger partial charge is 0.477 e. The first-order chi connectivity index (χ1) is 10.7. The number of hydrogen-bond donors (Lipinski definition) is 1. The van der Waals surface area contributed by atoms with E-state index in [1.807, 2.05) is 6.08 Å². The summed E-state index contributed by atoms with van der Waals surface area (Å²) in [6.07, 6.45) is 4.76. The number of nitrogens with zero attached hydrogens (tertiary/aromatic N) is 3. The van der Waals surface area contributed by atoms with Crippen LogP contribution in [0, 0.1) is 0 Å². The van der Waals surface area contributed by atoms with Crippen molar-refractivity contribution in [1.29, 1.82) is 0 Å². The highest BCUT2D eigenvalue weighted by Crippen LogP contribution is 2.31. The number of nitrogens with one attached hydrogen (secondary N) is 1. The van der Waals surface area contributed by atoms with Gasteiger partial charge in [0, 0.05) is 38.6 Å². The van der Waals surface area contributed by atoms with Crippen molar-refractivity contribution in [1.82, 2.24) is 20.0 Å². The quantitative estimate of drug-likeness (QED) is 0.823. The molecule has 1 aromatic heterocycles. The Balaban J connectivity index is 1.61. The summed E-state index contributed by atoms with van der Waals surface area (Å²) in [6.45, 7) is 8.12. The Morgan fingerprint density at radius 3 is 2.91 bits per heavy atom. The summed E-state index contributed by atoms with van der Waals surface area (Å²) in [5.41, 5.74) is 0.422. The third kappa shape index (κ3) is 3.20. The molecule has 2 aliphatic heterocycles. The maximum absolute atomic E-state index is 12.5. The second-order valence-electron chi connectivity index (χ2n) is 5.73. The topological polar surface area (TPSA) is 59.4 Å². The minimum Gasteiger partial charge on any atom is -0.477 e. The van der Waals surface area contributed by atoms with Crippen LogP contribution in [-0.2, 0) is 6.54 Å². The third-order valence-electron chi connectivity index (χ3n) is 4.13. The normalized spacial score (nSPS) is 19.3. The number of hydrogen-bond acceptors (Lipinski definition) is 4. The van der Waals surface area contributed by atoms with Crippen LogP contribution in [0.1, 0.15) is 29.8 Å². The molecule has 3 heterocycles. The number of ether oxygens (including phenoxy) is 1. The Labute approximate surface area is 138 Å². The van der Waals surface area contributed by atoms with E-state index in [0.29, 0.717) is 22.7 Å². The van der Waals surface area contributed by atoms with E-state index in [-0.39, 0.29) is 11.9 Å². The zero-order chi connectivity index (χ0) is 15.5. The lowest BCUT2D eigenvalue weighted by Gasteiger charge is -2.31. The average Bonchev–Trinajstić information content (AvgIpc) is 2.87. The van der Waals surface area contributed by atoms with Gasteiger partial charge in [0.2, 0.25) is 5.88 Å². The number of likely N-dealkylation sites (tertiary alicyclic amines) is 1. The van der Waals surface area contributed by atoms with Gasteiger partial charge in [-0.2, -0.15) is 5.10 Å². The lowest BCUT2D eigenvalue weighted by Crippen LogP contribution is -2.44. The number of amides is 1. The monoisotopic (exact) mass is 368 g/mol. The van der Waals surface area contributed by atoms with E-state index >= 15 is 0 Å². The zero-order valence-corrected chi connectivity index (χ0v) is 14.1. The van der Waals surface area contributed by atoms with Crippen LogP contribution in [0.2, 0.25) is 0 Å². The van der Waals surface area contributed by atoms with Crippen molar-refractivity contribution in [3.05, 3.63) is 22.8 Å². The van der Waals surface area contributed by atoms with Gasteiger partial charge in [-0.05, 0) is 28.8 Å². The molecule has 0 saturated carbocycles. The van der Waals surface area contributed by atoms with Crippen molar-refractivity contribution in [2.75, 3.05) is 26.2 Å². The van der Waals surface area contributed by atoms with E-state index in [0.717, 1.165) is 45.4 Å². The summed E-state index contributed by atoms with van der Waals surface area (Å²) in [6, 6.07) is 0.208. The second kappa shape index (κ2) is 6.83. The van der Waals surface area contributed by atoms with Crippen molar-refractivity contribution >= 4 is 21.8 Å². The number of aromatic nitrogens is 2. The maximum atomic E-state index is 12.5. The molecule has 3 rings (SSSR count). The lowest BCUT2D eigenvalue weighted by molar-refractivity contribution is 0.0907. The molecule has 0 aromatic carbocycles. The molecule has 1 aromatic rings. The van der Waals surface area contributed by atoms with E-state index in [1.165, 1.54) is 0 Å². The van der Waals surface area contributed by atoms with Gasteiger partial charge >= 0.3 is 0 Å². The molecule has 0 aliphatic carbocycles. The van der Waals surface area contributed by atoms with E-state index < -0.39 is 0 Å². The van der Waals surface area contributed by atoms with Crippen LogP contribution in [0.5, 0.6) is 5.88 Å². The highest BCUT2D eigenvalue weighted by Gasteiger charge is 2.27. The van der Waals surface area contributed by atoms with Gasteiger partial charge in [0.15, 0.2) is 5.69 Å². The van der Waals surface area contributed by atoms with Crippen molar-refractivity contribution in [3.63, 3.8) is 0 Å². The number of piperidine rings is 1. The number of carbonyl (C=O) groups is 1. The van der Waals surface area contributed by atoms with Gasteiger partial charge in [-0.25, -0.2) is 4.68 Å². The molecular weight excluding hydrogens is 348 g/mol. The molecule has 0 radical (unpaired) electrons. The fourth-order valence-electron chi connectivity index (χ4n) is 2.94. The Kier molecular flexibility index (Phi) is 4.83. The number of aryl methyl sites for hydroxylation is 1. The molecule has 22 heavy (non-hydrogen) atoms. The zero-order valence-electron chi connectivity index (χ0n) is 12.6. The van der Waals surface area contributed by atoms with Gasteiger partial charge in [0.1, 0.15) is 4.47 Å².